The number of carbonyl (C=O) groups excluding carboxylic acids is 1. The average molecular weight is 441 g/mol. The molecule has 2 aliphatic carbocycles. The van der Waals surface area contributed by atoms with Crippen molar-refractivity contribution in [2.45, 2.75) is 62.2 Å². The number of hydrogen-bond acceptors (Lipinski definition) is 5. The van der Waals surface area contributed by atoms with Crippen LogP contribution in [0, 0.1) is 5.82 Å². The van der Waals surface area contributed by atoms with E-state index in [1.54, 1.807) is 0 Å². The minimum absolute atomic E-state index is 0.00698. The smallest absolute Gasteiger partial charge is 0.330 e. The number of hydrogen-bond donors (Lipinski definition) is 5. The second-order valence-electron chi connectivity index (χ2n) is 8.09. The Morgan fingerprint density at radius 3 is 2.34 bits per heavy atom. The van der Waals surface area contributed by atoms with E-state index >= 15 is 0 Å². The largest absolute Gasteiger partial charge is 0.385 e. The summed E-state index contributed by atoms with van der Waals surface area (Å²) >= 11 is 0.796. The summed E-state index contributed by atoms with van der Waals surface area (Å²) in [6.45, 7) is 2.86. The first-order chi connectivity index (χ1) is 13.6. The summed E-state index contributed by atoms with van der Waals surface area (Å²) < 4.78 is 29.4. The van der Waals surface area contributed by atoms with Gasteiger partial charge in [-0.3, -0.25) is 14.8 Å². The summed E-state index contributed by atoms with van der Waals surface area (Å²) in [5.41, 5.74) is 3.44. The number of fused-ring (bicyclic) bond motifs is 2. The van der Waals surface area contributed by atoms with E-state index in [4.69, 9.17) is 10.1 Å². The Hall–Kier alpha value is -1.88. The molecule has 2 heterocycles. The van der Waals surface area contributed by atoms with E-state index in [-0.39, 0.29) is 9.09 Å². The fourth-order valence-electron chi connectivity index (χ4n) is 4.02. The first kappa shape index (κ1) is 20.4. The average Bonchev–Trinajstić information content (AvgIpc) is 3.31. The van der Waals surface area contributed by atoms with Crippen molar-refractivity contribution in [1.82, 2.24) is 9.71 Å². The van der Waals surface area contributed by atoms with Gasteiger partial charge in [0.1, 0.15) is 10.0 Å². The van der Waals surface area contributed by atoms with E-state index in [1.165, 1.54) is 13.8 Å². The maximum atomic E-state index is 14.2. The minimum atomic E-state index is -3.86. The van der Waals surface area contributed by atoms with Crippen molar-refractivity contribution < 1.29 is 18.5 Å². The summed E-state index contributed by atoms with van der Waals surface area (Å²) in [6, 6.07) is 0.324. The molecule has 0 saturated heterocycles. The molecule has 10 heteroatoms. The lowest BCUT2D eigenvalue weighted by Gasteiger charge is -2.21. The molecule has 158 valence electrons. The number of urea groups is 1. The molecule has 2 aromatic heterocycles. The van der Waals surface area contributed by atoms with Crippen molar-refractivity contribution in [2.75, 3.05) is 5.32 Å². The molecule has 29 heavy (non-hydrogen) atoms. The van der Waals surface area contributed by atoms with E-state index in [9.17, 15) is 18.5 Å². The lowest BCUT2D eigenvalue weighted by Crippen LogP contribution is -2.44. The first-order valence-electron chi connectivity index (χ1n) is 9.60. The Kier molecular flexibility index (Phi) is 5.01. The third-order valence-electron chi connectivity index (χ3n) is 5.31. The van der Waals surface area contributed by atoms with Crippen molar-refractivity contribution in [2.24, 2.45) is 5.14 Å². The van der Waals surface area contributed by atoms with Crippen molar-refractivity contribution in [3.63, 3.8) is 0 Å². The van der Waals surface area contributed by atoms with Crippen LogP contribution in [0.3, 0.4) is 0 Å². The summed E-state index contributed by atoms with van der Waals surface area (Å²) in [6.07, 6.45) is 5.45. The van der Waals surface area contributed by atoms with E-state index in [1.807, 2.05) is 0 Å². The van der Waals surface area contributed by atoms with Gasteiger partial charge in [-0.2, -0.15) is 0 Å². The molecular formula is C19H25FN4O3S2. The van der Waals surface area contributed by atoms with Gasteiger partial charge in [-0.1, -0.05) is 0 Å². The van der Waals surface area contributed by atoms with Gasteiger partial charge in [-0.25, -0.2) is 13.4 Å². The Balaban J connectivity index is 1.58. The third kappa shape index (κ3) is 3.81. The fraction of sp³-hybridized carbons (Fsp3) is 0.474. The number of nitrogens with zero attached hydrogens (tertiary/aromatic N) is 1. The van der Waals surface area contributed by atoms with E-state index in [0.717, 1.165) is 84.1 Å². The van der Waals surface area contributed by atoms with Gasteiger partial charge in [-0.15, -0.1) is 11.3 Å². The number of halogens is 1. The second kappa shape index (κ2) is 7.12. The number of thiol groups is 1. The molecule has 2 aliphatic rings. The molecular weight excluding hydrogens is 415 g/mol. The highest BCUT2D eigenvalue weighted by Gasteiger charge is 2.30. The van der Waals surface area contributed by atoms with Gasteiger partial charge in [-0.05, 0) is 63.5 Å². The maximum absolute atomic E-state index is 14.2. The highest BCUT2D eigenvalue weighted by Crippen LogP contribution is 2.37. The molecule has 0 bridgehead atoms. The van der Waals surface area contributed by atoms with Crippen molar-refractivity contribution in [3.05, 3.63) is 39.3 Å². The number of aliphatic hydroxyl groups is 1. The van der Waals surface area contributed by atoms with Crippen LogP contribution >= 0.6 is 11.3 Å². The van der Waals surface area contributed by atoms with Crippen LogP contribution in [0.25, 0.3) is 0 Å². The second-order valence-corrected chi connectivity index (χ2v) is 11.5. The van der Waals surface area contributed by atoms with E-state index < -0.39 is 27.8 Å². The highest BCUT2D eigenvalue weighted by atomic mass is 32.3. The van der Waals surface area contributed by atoms with Crippen LogP contribution < -0.4 is 15.2 Å². The number of carbonyl (C=O) groups is 1. The quantitative estimate of drug-likeness (QED) is 0.470. The van der Waals surface area contributed by atoms with Gasteiger partial charge >= 0.3 is 6.03 Å². The van der Waals surface area contributed by atoms with E-state index in [2.05, 4.69) is 10.0 Å². The van der Waals surface area contributed by atoms with Crippen LogP contribution in [0.5, 0.6) is 0 Å². The Bertz CT molecular complexity index is 1010. The van der Waals surface area contributed by atoms with Gasteiger partial charge < -0.3 is 10.4 Å². The molecule has 0 unspecified atom stereocenters. The number of thiophene rings is 1. The fourth-order valence-corrected chi connectivity index (χ4v) is 6.53. The van der Waals surface area contributed by atoms with Crippen LogP contribution in [-0.2, 0) is 41.6 Å². The Morgan fingerprint density at radius 1 is 1.24 bits per heavy atom. The minimum Gasteiger partial charge on any atom is -0.385 e. The first-order valence-corrected chi connectivity index (χ1v) is 12.2. The molecule has 0 radical (unpaired) electrons. The van der Waals surface area contributed by atoms with Gasteiger partial charge in [0.05, 0.1) is 16.2 Å². The summed E-state index contributed by atoms with van der Waals surface area (Å²) in [5.74, 6) is -0.699. The van der Waals surface area contributed by atoms with Crippen molar-refractivity contribution >= 4 is 33.4 Å². The number of nitrogens with two attached hydrogens (primary N) is 1. The highest BCUT2D eigenvalue weighted by molar-refractivity contribution is 8.01. The van der Waals surface area contributed by atoms with Crippen molar-refractivity contribution in [3.8, 4) is 0 Å². The van der Waals surface area contributed by atoms with Gasteiger partial charge in [0.25, 0.3) is 0 Å². The van der Waals surface area contributed by atoms with Crippen LogP contribution in [0.1, 0.15) is 54.1 Å². The van der Waals surface area contributed by atoms with Crippen molar-refractivity contribution in [1.29, 1.82) is 0 Å². The SMILES string of the molecule is CC(C)(O)c1sc([SH](N)(=O)NC(=O)Nc2c3c(nc4c2CCC4)CCC3)cc1F. The van der Waals surface area contributed by atoms with Gasteiger partial charge in [0.2, 0.25) is 0 Å². The molecule has 0 aromatic carbocycles. The zero-order chi connectivity index (χ0) is 21.0. The topological polar surface area (TPSA) is 117 Å². The predicted octanol–water partition coefficient (Wildman–Crippen LogP) is 2.47. The predicted molar refractivity (Wildman–Crippen MR) is 112 cm³/mol. The summed E-state index contributed by atoms with van der Waals surface area (Å²) in [4.78, 5) is 17.4. The van der Waals surface area contributed by atoms with Crippen LogP contribution in [-0.4, -0.2) is 20.3 Å². The molecule has 0 aliphatic heterocycles. The zero-order valence-corrected chi connectivity index (χ0v) is 18.1. The zero-order valence-electron chi connectivity index (χ0n) is 16.3. The maximum Gasteiger partial charge on any atom is 0.330 e. The standard InChI is InChI=1S/C19H25FN4O3S2/c1-19(2,26)17-12(20)9-15(28-17)29(21,27)24-18(25)23-16-10-5-3-7-13(10)22-14-8-4-6-11(14)16/h9,26,29H,3-8H2,1-2H3,(H4,21,22,23,24,25,27). The lowest BCUT2D eigenvalue weighted by atomic mass is 10.1. The molecule has 2 amide bonds. The normalized spacial score (nSPS) is 16.4. The molecule has 0 fully saturated rings. The number of amides is 2. The number of nitrogens with one attached hydrogen (secondary N) is 2. The molecule has 0 spiro atoms. The Labute approximate surface area is 173 Å². The van der Waals surface area contributed by atoms with E-state index in [0.29, 0.717) is 0 Å². The van der Waals surface area contributed by atoms with Gasteiger partial charge in [0.15, 0.2) is 0 Å². The molecule has 0 saturated carbocycles. The number of aryl methyl sites for hydroxylation is 2. The lowest BCUT2D eigenvalue weighted by molar-refractivity contribution is 0.0789. The monoisotopic (exact) mass is 440 g/mol. The van der Waals surface area contributed by atoms with Gasteiger partial charge in [0, 0.05) is 27.8 Å². The molecule has 2 aromatic rings. The number of aromatic nitrogens is 1. The van der Waals surface area contributed by atoms with Crippen LogP contribution in [0.15, 0.2) is 10.3 Å². The third-order valence-corrected chi connectivity index (χ3v) is 8.95. The molecule has 0 atom stereocenters. The number of rotatable bonds is 4. The molecule has 7 nitrogen and oxygen atoms in total. The van der Waals surface area contributed by atoms with Crippen LogP contribution in [0.4, 0.5) is 14.9 Å². The summed E-state index contributed by atoms with van der Waals surface area (Å²) in [5, 5.41) is 18.8. The Morgan fingerprint density at radius 2 is 1.83 bits per heavy atom. The number of pyridine rings is 1. The van der Waals surface area contributed by atoms with Crippen LogP contribution in [0.2, 0.25) is 0 Å². The molecule has 4 rings (SSSR count). The molecule has 5 N–H and O–H groups in total. The summed E-state index contributed by atoms with van der Waals surface area (Å²) in [7, 11) is -3.86. The number of anilines is 1.